The predicted molar refractivity (Wildman–Crippen MR) is 202 cm³/mol. The average Bonchev–Trinajstić information content (AvgIpc) is 3.41. The lowest BCUT2D eigenvalue weighted by Crippen LogP contribution is -2.53. The van der Waals surface area contributed by atoms with E-state index in [2.05, 4.69) is 41.5 Å². The van der Waals surface area contributed by atoms with Crippen LogP contribution in [0.15, 0.2) is 0 Å². The fraction of sp³-hybridized carbons (Fsp3) is 0.978. The summed E-state index contributed by atoms with van der Waals surface area (Å²) >= 11 is 0. The van der Waals surface area contributed by atoms with E-state index in [1.807, 2.05) is 0 Å². The van der Waals surface area contributed by atoms with Crippen LogP contribution in [-0.2, 0) is 9.53 Å². The number of esters is 1. The van der Waals surface area contributed by atoms with E-state index in [1.54, 1.807) is 6.42 Å². The zero-order valence-corrected chi connectivity index (χ0v) is 32.7. The lowest BCUT2D eigenvalue weighted by molar-refractivity contribution is -0.144. The lowest BCUT2D eigenvalue weighted by atomic mass is 9.44. The molecule has 0 heterocycles. The highest BCUT2D eigenvalue weighted by Crippen LogP contribution is 2.68. The van der Waals surface area contributed by atoms with Crippen molar-refractivity contribution in [3.8, 4) is 0 Å². The van der Waals surface area contributed by atoms with Crippen LogP contribution < -0.4 is 0 Å². The maximum absolute atomic E-state index is 12.5. The smallest absolute Gasteiger partial charge is 0.305 e. The van der Waals surface area contributed by atoms with Crippen LogP contribution in [0.5, 0.6) is 0 Å². The molecular formula is C45H82O2. The Hall–Kier alpha value is -0.530. The molecule has 0 aromatic rings. The summed E-state index contributed by atoms with van der Waals surface area (Å²) in [6.45, 7) is 15.8. The zero-order valence-electron chi connectivity index (χ0n) is 32.7. The van der Waals surface area contributed by atoms with E-state index in [0.29, 0.717) is 35.7 Å². The number of hydrogen-bond donors (Lipinski definition) is 0. The van der Waals surface area contributed by atoms with Gasteiger partial charge in [0.2, 0.25) is 0 Å². The van der Waals surface area contributed by atoms with Gasteiger partial charge in [0.25, 0.3) is 0 Å². The quantitative estimate of drug-likeness (QED) is 0.0857. The monoisotopic (exact) mass is 655 g/mol. The topological polar surface area (TPSA) is 26.3 Å². The van der Waals surface area contributed by atoms with Gasteiger partial charge in [0.1, 0.15) is 0 Å². The molecule has 4 aliphatic rings. The molecule has 0 N–H and O–H groups in total. The molecule has 1 unspecified atom stereocenters. The minimum absolute atomic E-state index is 0.0422. The Bertz CT molecular complexity index is 879. The molecule has 0 radical (unpaired) electrons. The Labute approximate surface area is 294 Å². The van der Waals surface area contributed by atoms with Crippen molar-refractivity contribution in [3.05, 3.63) is 0 Å². The van der Waals surface area contributed by atoms with Gasteiger partial charge in [-0.2, -0.15) is 0 Å². The summed E-state index contributed by atoms with van der Waals surface area (Å²) in [7, 11) is 0. The molecule has 4 rings (SSSR count). The van der Waals surface area contributed by atoms with E-state index in [-0.39, 0.29) is 5.97 Å². The summed E-state index contributed by atoms with van der Waals surface area (Å²) in [6, 6.07) is 0. The van der Waals surface area contributed by atoms with Crippen LogP contribution in [0.25, 0.3) is 0 Å². The van der Waals surface area contributed by atoms with Gasteiger partial charge in [-0.05, 0) is 129 Å². The standard InChI is InChI=1S/C45H82O2/c1-7-8-9-10-11-12-13-14-15-16-17-18-19-23-43(46)47-34-31-37(35(2)3)25-24-36(4)40-28-29-41-39-27-26-38-22-20-21-32-44(38,5)42(39)30-33-45(40,41)6/h35-42H,7-34H2,1-6H3/t36-,37+,38?,39+,40-,41+,42+,44+,45-/m1/s1. The molecule has 4 fully saturated rings. The molecule has 4 saturated carbocycles. The van der Waals surface area contributed by atoms with Crippen molar-refractivity contribution >= 4 is 5.97 Å². The van der Waals surface area contributed by atoms with Crippen LogP contribution in [-0.4, -0.2) is 12.6 Å². The average molecular weight is 655 g/mol. The first-order valence-corrected chi connectivity index (χ1v) is 21.9. The number of rotatable bonds is 22. The Morgan fingerprint density at radius 2 is 1.30 bits per heavy atom. The Kier molecular flexibility index (Phi) is 16.5. The lowest BCUT2D eigenvalue weighted by Gasteiger charge is -2.61. The van der Waals surface area contributed by atoms with Crippen LogP contribution in [0.1, 0.15) is 215 Å². The number of fused-ring (bicyclic) bond motifs is 5. The molecule has 0 aromatic heterocycles. The molecule has 2 heteroatoms. The summed E-state index contributed by atoms with van der Waals surface area (Å²) in [5, 5.41) is 0. The highest BCUT2D eigenvalue weighted by Gasteiger charge is 2.60. The second kappa shape index (κ2) is 19.8. The Morgan fingerprint density at radius 1 is 0.660 bits per heavy atom. The minimum atomic E-state index is 0.0422. The van der Waals surface area contributed by atoms with Gasteiger partial charge in [-0.3, -0.25) is 4.79 Å². The minimum Gasteiger partial charge on any atom is -0.466 e. The number of carbonyl (C=O) groups excluding carboxylic acids is 1. The van der Waals surface area contributed by atoms with Gasteiger partial charge in [-0.1, -0.05) is 138 Å². The summed E-state index contributed by atoms with van der Waals surface area (Å²) in [4.78, 5) is 12.5. The molecule has 0 saturated heterocycles. The predicted octanol–water partition coefficient (Wildman–Crippen LogP) is 14.1. The fourth-order valence-electron chi connectivity index (χ4n) is 12.4. The van der Waals surface area contributed by atoms with Crippen LogP contribution in [0.3, 0.4) is 0 Å². The highest BCUT2D eigenvalue weighted by molar-refractivity contribution is 5.69. The van der Waals surface area contributed by atoms with Crippen molar-refractivity contribution in [2.24, 2.45) is 58.2 Å². The second-order valence-electron chi connectivity index (χ2n) is 18.7. The first-order chi connectivity index (χ1) is 22.7. The Balaban J connectivity index is 1.08. The van der Waals surface area contributed by atoms with Crippen molar-refractivity contribution < 1.29 is 9.53 Å². The van der Waals surface area contributed by atoms with E-state index in [0.717, 1.165) is 48.3 Å². The van der Waals surface area contributed by atoms with E-state index in [9.17, 15) is 4.79 Å². The fourth-order valence-corrected chi connectivity index (χ4v) is 12.4. The number of hydrogen-bond acceptors (Lipinski definition) is 2. The summed E-state index contributed by atoms with van der Waals surface area (Å²) < 4.78 is 5.78. The summed E-state index contributed by atoms with van der Waals surface area (Å²) in [5.41, 5.74) is 1.24. The van der Waals surface area contributed by atoms with Crippen molar-refractivity contribution in [2.45, 2.75) is 215 Å². The third kappa shape index (κ3) is 10.7. The van der Waals surface area contributed by atoms with Crippen molar-refractivity contribution in [1.29, 1.82) is 0 Å². The van der Waals surface area contributed by atoms with Gasteiger partial charge in [-0.15, -0.1) is 0 Å². The molecule has 0 aromatic carbocycles. The normalized spacial score (nSPS) is 33.2. The van der Waals surface area contributed by atoms with E-state index >= 15 is 0 Å². The number of carbonyl (C=O) groups is 1. The van der Waals surface area contributed by atoms with E-state index in [4.69, 9.17) is 4.74 Å². The Morgan fingerprint density at radius 3 is 1.96 bits per heavy atom. The molecule has 274 valence electrons. The van der Waals surface area contributed by atoms with Gasteiger partial charge in [0, 0.05) is 6.42 Å². The van der Waals surface area contributed by atoms with Gasteiger partial charge >= 0.3 is 5.97 Å². The third-order valence-corrected chi connectivity index (χ3v) is 15.5. The molecule has 0 spiro atoms. The van der Waals surface area contributed by atoms with Gasteiger partial charge in [0.15, 0.2) is 0 Å². The van der Waals surface area contributed by atoms with Crippen LogP contribution >= 0.6 is 0 Å². The third-order valence-electron chi connectivity index (χ3n) is 15.5. The molecule has 4 aliphatic carbocycles. The first-order valence-electron chi connectivity index (χ1n) is 21.9. The van der Waals surface area contributed by atoms with Gasteiger partial charge in [-0.25, -0.2) is 0 Å². The molecular weight excluding hydrogens is 572 g/mol. The van der Waals surface area contributed by atoms with Crippen molar-refractivity contribution in [1.82, 2.24) is 0 Å². The van der Waals surface area contributed by atoms with Crippen molar-refractivity contribution in [2.75, 3.05) is 6.61 Å². The maximum atomic E-state index is 12.5. The zero-order chi connectivity index (χ0) is 33.7. The molecule has 2 nitrogen and oxygen atoms in total. The molecule has 9 atom stereocenters. The number of ether oxygens (including phenoxy) is 1. The maximum Gasteiger partial charge on any atom is 0.305 e. The van der Waals surface area contributed by atoms with Gasteiger partial charge < -0.3 is 4.74 Å². The molecule has 47 heavy (non-hydrogen) atoms. The molecule has 0 aliphatic heterocycles. The van der Waals surface area contributed by atoms with E-state index in [1.165, 1.54) is 148 Å². The largest absolute Gasteiger partial charge is 0.466 e. The molecule has 0 amide bonds. The summed E-state index contributed by atoms with van der Waals surface area (Å²) in [5.74, 6) is 7.17. The number of unbranched alkanes of at least 4 members (excludes halogenated alkanes) is 12. The van der Waals surface area contributed by atoms with Crippen molar-refractivity contribution in [3.63, 3.8) is 0 Å². The molecule has 0 bridgehead atoms. The highest BCUT2D eigenvalue weighted by atomic mass is 16.5. The SMILES string of the molecule is CCCCCCCCCCCCCCCC(=O)OCC[C@H](CC[C@@H](C)[C@H]1CC[C@H]2[C@@H]3CCC4CCCC[C@]4(C)[C@H]3CC[C@]12C)C(C)C. The van der Waals surface area contributed by atoms with Crippen LogP contribution in [0, 0.1) is 58.2 Å². The van der Waals surface area contributed by atoms with Gasteiger partial charge in [0.05, 0.1) is 6.61 Å². The summed E-state index contributed by atoms with van der Waals surface area (Å²) in [6.07, 6.45) is 36.9. The first kappa shape index (κ1) is 39.3. The van der Waals surface area contributed by atoms with E-state index < -0.39 is 0 Å². The second-order valence-corrected chi connectivity index (χ2v) is 18.7. The van der Waals surface area contributed by atoms with Crippen LogP contribution in [0.4, 0.5) is 0 Å². The van der Waals surface area contributed by atoms with Crippen LogP contribution in [0.2, 0.25) is 0 Å².